The van der Waals surface area contributed by atoms with E-state index in [1.54, 1.807) is 6.07 Å². The molecule has 1 aliphatic carbocycles. The fourth-order valence-electron chi connectivity index (χ4n) is 1.91. The minimum absolute atomic E-state index is 0.174. The van der Waals surface area contributed by atoms with Crippen LogP contribution in [0.25, 0.3) is 0 Å². The maximum absolute atomic E-state index is 12.9. The Labute approximate surface area is 113 Å². The van der Waals surface area contributed by atoms with Gasteiger partial charge in [0.05, 0.1) is 0 Å². The Morgan fingerprint density at radius 1 is 1.38 bits per heavy atom. The summed E-state index contributed by atoms with van der Waals surface area (Å²) < 4.78 is 13.8. The van der Waals surface area contributed by atoms with Crippen molar-refractivity contribution in [3.63, 3.8) is 0 Å². The van der Waals surface area contributed by atoms with Crippen molar-refractivity contribution in [1.29, 1.82) is 0 Å². The van der Waals surface area contributed by atoms with Crippen LogP contribution in [0.15, 0.2) is 22.7 Å². The summed E-state index contributed by atoms with van der Waals surface area (Å²) in [6.07, 6.45) is 6.17. The van der Waals surface area contributed by atoms with E-state index >= 15 is 0 Å². The zero-order chi connectivity index (χ0) is 11.5. The molecule has 1 fully saturated rings. The van der Waals surface area contributed by atoms with Gasteiger partial charge in [0.15, 0.2) is 0 Å². The molecular weight excluding hydrogens is 335 g/mol. The smallest absolute Gasteiger partial charge is 0.124 e. The van der Waals surface area contributed by atoms with E-state index < -0.39 is 0 Å². The van der Waals surface area contributed by atoms with Crippen LogP contribution in [0.2, 0.25) is 0 Å². The van der Waals surface area contributed by atoms with Gasteiger partial charge in [-0.05, 0) is 55.7 Å². The third kappa shape index (κ3) is 3.56. The highest BCUT2D eigenvalue weighted by molar-refractivity contribution is 9.10. The Bertz CT molecular complexity index is 361. The van der Waals surface area contributed by atoms with Gasteiger partial charge in [-0.25, -0.2) is 4.39 Å². The summed E-state index contributed by atoms with van der Waals surface area (Å²) in [5.74, 6) is 0.739. The van der Waals surface area contributed by atoms with Gasteiger partial charge in [0, 0.05) is 9.30 Å². The van der Waals surface area contributed by atoms with Gasteiger partial charge in [-0.15, -0.1) is 0 Å². The third-order valence-corrected chi connectivity index (χ3v) is 5.02. The molecule has 0 aliphatic heterocycles. The van der Waals surface area contributed by atoms with Crippen molar-refractivity contribution in [1.82, 2.24) is 0 Å². The first-order valence-corrected chi connectivity index (χ1v) is 7.45. The van der Waals surface area contributed by atoms with Crippen LogP contribution in [-0.2, 0) is 6.42 Å². The van der Waals surface area contributed by atoms with Crippen molar-refractivity contribution in [3.05, 3.63) is 34.1 Å². The molecule has 88 valence electrons. The molecule has 1 aromatic rings. The highest BCUT2D eigenvalue weighted by atomic mass is 79.9. The molecule has 3 heteroatoms. The van der Waals surface area contributed by atoms with Gasteiger partial charge in [0.2, 0.25) is 0 Å². The monoisotopic (exact) mass is 348 g/mol. The number of halogens is 3. The Morgan fingerprint density at radius 3 is 2.75 bits per heavy atom. The van der Waals surface area contributed by atoms with Crippen LogP contribution in [-0.4, -0.2) is 4.83 Å². The molecule has 0 N–H and O–H groups in total. The minimum atomic E-state index is -0.174. The minimum Gasteiger partial charge on any atom is -0.207 e. The van der Waals surface area contributed by atoms with Gasteiger partial charge >= 0.3 is 0 Å². The quantitative estimate of drug-likeness (QED) is 0.650. The molecule has 1 atom stereocenters. The topological polar surface area (TPSA) is 0 Å². The lowest BCUT2D eigenvalue weighted by atomic mass is 10.1. The number of hydrogen-bond acceptors (Lipinski definition) is 0. The average Bonchev–Trinajstić information content (AvgIpc) is 3.04. The van der Waals surface area contributed by atoms with Gasteiger partial charge in [-0.1, -0.05) is 37.9 Å². The first kappa shape index (κ1) is 12.6. The van der Waals surface area contributed by atoms with E-state index in [0.717, 1.165) is 23.2 Å². The number of rotatable bonds is 5. The van der Waals surface area contributed by atoms with E-state index in [4.69, 9.17) is 0 Å². The Morgan fingerprint density at radius 2 is 2.12 bits per heavy atom. The summed E-state index contributed by atoms with van der Waals surface area (Å²) in [6, 6.07) is 4.95. The predicted octanol–water partition coefficient (Wildman–Crippen LogP) is 5.08. The van der Waals surface area contributed by atoms with Gasteiger partial charge in [-0.3, -0.25) is 0 Å². The second-order valence-electron chi connectivity index (χ2n) is 4.48. The standard InChI is InChI=1S/C13H15Br2F/c14-12(10-4-5-10)3-1-2-9-6-7-11(16)8-13(9)15/h6-8,10,12H,1-5H2. The summed E-state index contributed by atoms with van der Waals surface area (Å²) in [5, 5.41) is 0. The third-order valence-electron chi connectivity index (χ3n) is 3.07. The van der Waals surface area contributed by atoms with Gasteiger partial charge in [0.1, 0.15) is 5.82 Å². The molecule has 0 radical (unpaired) electrons. The molecule has 0 heterocycles. The van der Waals surface area contributed by atoms with Crippen LogP contribution >= 0.6 is 31.9 Å². The maximum Gasteiger partial charge on any atom is 0.124 e. The van der Waals surface area contributed by atoms with Gasteiger partial charge < -0.3 is 0 Å². The molecule has 0 bridgehead atoms. The molecule has 1 saturated carbocycles. The van der Waals surface area contributed by atoms with Crippen molar-refractivity contribution in [3.8, 4) is 0 Å². The summed E-state index contributed by atoms with van der Waals surface area (Å²) in [7, 11) is 0. The van der Waals surface area contributed by atoms with E-state index in [-0.39, 0.29) is 5.82 Å². The number of benzene rings is 1. The average molecular weight is 350 g/mol. The van der Waals surface area contributed by atoms with Crippen molar-refractivity contribution in [2.75, 3.05) is 0 Å². The van der Waals surface area contributed by atoms with Crippen LogP contribution in [0.4, 0.5) is 4.39 Å². The van der Waals surface area contributed by atoms with Gasteiger partial charge in [0.25, 0.3) is 0 Å². The number of aryl methyl sites for hydroxylation is 1. The largest absolute Gasteiger partial charge is 0.207 e. The summed E-state index contributed by atoms with van der Waals surface area (Å²) >= 11 is 7.14. The highest BCUT2D eigenvalue weighted by Crippen LogP contribution is 2.38. The van der Waals surface area contributed by atoms with Crippen LogP contribution in [0.3, 0.4) is 0 Å². The first-order valence-electron chi connectivity index (χ1n) is 5.75. The van der Waals surface area contributed by atoms with Crippen molar-refractivity contribution < 1.29 is 4.39 Å². The molecule has 0 saturated heterocycles. The fraction of sp³-hybridized carbons (Fsp3) is 0.538. The predicted molar refractivity (Wildman–Crippen MR) is 72.5 cm³/mol. The normalized spacial score (nSPS) is 17.4. The van der Waals surface area contributed by atoms with Gasteiger partial charge in [-0.2, -0.15) is 0 Å². The van der Waals surface area contributed by atoms with E-state index in [9.17, 15) is 4.39 Å². The molecule has 1 aromatic carbocycles. The second kappa shape index (κ2) is 5.63. The molecule has 0 nitrogen and oxygen atoms in total. The van der Waals surface area contributed by atoms with Crippen LogP contribution < -0.4 is 0 Å². The Hall–Kier alpha value is 0.110. The van der Waals surface area contributed by atoms with E-state index in [2.05, 4.69) is 31.9 Å². The summed E-state index contributed by atoms with van der Waals surface area (Å²) in [6.45, 7) is 0. The Kier molecular flexibility index (Phi) is 4.42. The van der Waals surface area contributed by atoms with Crippen LogP contribution in [0, 0.1) is 11.7 Å². The lowest BCUT2D eigenvalue weighted by Gasteiger charge is -2.08. The van der Waals surface area contributed by atoms with Crippen molar-refractivity contribution >= 4 is 31.9 Å². The highest BCUT2D eigenvalue weighted by Gasteiger charge is 2.28. The molecule has 0 aromatic heterocycles. The molecule has 0 amide bonds. The van der Waals surface area contributed by atoms with Crippen LogP contribution in [0.1, 0.15) is 31.2 Å². The maximum atomic E-state index is 12.9. The Balaban J connectivity index is 1.80. The second-order valence-corrected chi connectivity index (χ2v) is 6.51. The van der Waals surface area contributed by atoms with E-state index in [1.807, 2.05) is 6.07 Å². The zero-order valence-electron chi connectivity index (χ0n) is 9.06. The number of alkyl halides is 1. The van der Waals surface area contributed by atoms with E-state index in [1.165, 1.54) is 30.9 Å². The molecule has 2 rings (SSSR count). The van der Waals surface area contributed by atoms with Crippen molar-refractivity contribution in [2.24, 2.45) is 5.92 Å². The number of hydrogen-bond donors (Lipinski definition) is 0. The lowest BCUT2D eigenvalue weighted by molar-refractivity contribution is 0.623. The van der Waals surface area contributed by atoms with Crippen LogP contribution in [0.5, 0.6) is 0 Å². The van der Waals surface area contributed by atoms with Crippen molar-refractivity contribution in [2.45, 2.75) is 36.9 Å². The molecule has 0 spiro atoms. The van der Waals surface area contributed by atoms with E-state index in [0.29, 0.717) is 4.83 Å². The SMILES string of the molecule is Fc1ccc(CCCC(Br)C2CC2)c(Br)c1. The lowest BCUT2D eigenvalue weighted by Crippen LogP contribution is -2.01. The molecular formula is C13H15Br2F. The molecule has 16 heavy (non-hydrogen) atoms. The molecule has 1 unspecified atom stereocenters. The summed E-state index contributed by atoms with van der Waals surface area (Å²) in [4.78, 5) is 0.687. The fourth-order valence-corrected chi connectivity index (χ4v) is 3.31. The molecule has 1 aliphatic rings. The zero-order valence-corrected chi connectivity index (χ0v) is 12.2. The first-order chi connectivity index (χ1) is 7.66. The summed E-state index contributed by atoms with van der Waals surface area (Å²) in [5.41, 5.74) is 1.21.